The van der Waals surface area contributed by atoms with Crippen LogP contribution in [0.15, 0.2) is 30.3 Å². The van der Waals surface area contributed by atoms with E-state index >= 15 is 0 Å². The summed E-state index contributed by atoms with van der Waals surface area (Å²) in [7, 11) is 0. The summed E-state index contributed by atoms with van der Waals surface area (Å²) in [6.45, 7) is 0.256. The van der Waals surface area contributed by atoms with E-state index < -0.39 is 0 Å². The maximum Gasteiger partial charge on any atom is 0.224 e. The fraction of sp³-hybridized carbons (Fsp3) is 0.655. The zero-order valence-corrected chi connectivity index (χ0v) is 20.0. The van der Waals surface area contributed by atoms with E-state index in [0.717, 1.165) is 40.2 Å². The van der Waals surface area contributed by atoms with E-state index in [4.69, 9.17) is 4.98 Å². The number of nitrogens with one attached hydrogen (secondary N) is 2. The van der Waals surface area contributed by atoms with Crippen molar-refractivity contribution in [2.45, 2.75) is 70.3 Å². The molecule has 5 nitrogen and oxygen atoms in total. The predicted octanol–water partition coefficient (Wildman–Crippen LogP) is 5.60. The van der Waals surface area contributed by atoms with Gasteiger partial charge in [-0.25, -0.2) is 4.98 Å². The monoisotopic (exact) mass is 459 g/mol. The summed E-state index contributed by atoms with van der Waals surface area (Å²) < 4.78 is 0. The number of aromatic nitrogens is 1. The molecule has 6 saturated carbocycles. The van der Waals surface area contributed by atoms with Crippen LogP contribution in [0.25, 0.3) is 10.9 Å². The van der Waals surface area contributed by atoms with Gasteiger partial charge in [0.1, 0.15) is 5.82 Å². The Hall–Kier alpha value is -2.14. The van der Waals surface area contributed by atoms with Crippen molar-refractivity contribution in [1.82, 2.24) is 4.98 Å². The fourth-order valence-corrected chi connectivity index (χ4v) is 9.45. The molecule has 0 spiro atoms. The zero-order chi connectivity index (χ0) is 22.9. The topological polar surface area (TPSA) is 74.2 Å². The Labute approximate surface area is 202 Å². The summed E-state index contributed by atoms with van der Waals surface area (Å²) >= 11 is 0. The van der Waals surface area contributed by atoms with Gasteiger partial charge < -0.3 is 15.7 Å². The van der Waals surface area contributed by atoms with Gasteiger partial charge in [-0.2, -0.15) is 0 Å². The second-order valence-corrected chi connectivity index (χ2v) is 12.6. The number of carbonyl (C=O) groups excluding carboxylic acids is 1. The van der Waals surface area contributed by atoms with Crippen LogP contribution in [-0.4, -0.2) is 28.6 Å². The van der Waals surface area contributed by atoms with Gasteiger partial charge in [0.05, 0.1) is 11.2 Å². The van der Waals surface area contributed by atoms with Crippen LogP contribution in [0.1, 0.15) is 64.2 Å². The molecule has 4 atom stereocenters. The molecule has 6 aliphatic carbocycles. The minimum absolute atomic E-state index is 0.171. The van der Waals surface area contributed by atoms with Crippen LogP contribution in [-0.2, 0) is 4.79 Å². The molecule has 180 valence electrons. The largest absolute Gasteiger partial charge is 0.396 e. The van der Waals surface area contributed by atoms with Crippen molar-refractivity contribution in [3.63, 3.8) is 0 Å². The first-order valence-corrected chi connectivity index (χ1v) is 13.6. The van der Waals surface area contributed by atoms with Gasteiger partial charge in [0.2, 0.25) is 5.91 Å². The van der Waals surface area contributed by atoms with E-state index in [1.54, 1.807) is 0 Å². The molecule has 0 aliphatic heterocycles. The summed E-state index contributed by atoms with van der Waals surface area (Å²) in [6.07, 6.45) is 12.4. The van der Waals surface area contributed by atoms with E-state index in [9.17, 15) is 9.90 Å². The van der Waals surface area contributed by atoms with Gasteiger partial charge in [-0.05, 0) is 117 Å². The Kier molecular flexibility index (Phi) is 4.94. The van der Waals surface area contributed by atoms with Gasteiger partial charge in [-0.3, -0.25) is 4.79 Å². The van der Waals surface area contributed by atoms with Crippen LogP contribution < -0.4 is 10.6 Å². The van der Waals surface area contributed by atoms with E-state index in [1.807, 2.05) is 24.3 Å². The van der Waals surface area contributed by atoms with E-state index in [1.165, 1.54) is 57.8 Å². The molecule has 6 bridgehead atoms. The lowest BCUT2D eigenvalue weighted by molar-refractivity contribution is -0.124. The molecule has 6 fully saturated rings. The molecule has 6 aliphatic rings. The fourth-order valence-electron chi connectivity index (χ4n) is 9.45. The Morgan fingerprint density at radius 3 is 2.44 bits per heavy atom. The number of rotatable bonds is 6. The number of carbonyl (C=O) groups is 1. The lowest BCUT2D eigenvalue weighted by Crippen LogP contribution is -2.47. The van der Waals surface area contributed by atoms with Crippen LogP contribution in [0.5, 0.6) is 0 Å². The molecular weight excluding hydrogens is 422 g/mol. The predicted molar refractivity (Wildman–Crippen MR) is 134 cm³/mol. The molecular formula is C29H37N3O2. The number of amides is 1. The highest BCUT2D eigenvalue weighted by atomic mass is 16.3. The van der Waals surface area contributed by atoms with Crippen molar-refractivity contribution in [3.05, 3.63) is 30.3 Å². The summed E-state index contributed by atoms with van der Waals surface area (Å²) in [6, 6.07) is 10.5. The van der Waals surface area contributed by atoms with Gasteiger partial charge in [-0.15, -0.1) is 0 Å². The number of nitrogens with zero attached hydrogens (tertiary/aromatic N) is 1. The second-order valence-electron chi connectivity index (χ2n) is 12.6. The SMILES string of the molecule is O=C(CC12CC3CC(CC(C3)C1)C2)Nc1cccc2nc(NC3[C@@H]4CC[C@H](C4)[C@H]3CO)ccc12. The van der Waals surface area contributed by atoms with E-state index in [2.05, 4.69) is 16.7 Å². The average molecular weight is 460 g/mol. The summed E-state index contributed by atoms with van der Waals surface area (Å²) in [5.74, 6) is 5.29. The molecule has 0 radical (unpaired) electrons. The molecule has 2 aromatic rings. The van der Waals surface area contributed by atoms with Crippen molar-refractivity contribution in [2.75, 3.05) is 17.2 Å². The van der Waals surface area contributed by atoms with Crippen LogP contribution >= 0.6 is 0 Å². The second kappa shape index (κ2) is 7.94. The Balaban J connectivity index is 1.07. The summed E-state index contributed by atoms with van der Waals surface area (Å²) in [5, 5.41) is 17.8. The van der Waals surface area contributed by atoms with Gasteiger partial charge >= 0.3 is 0 Å². The molecule has 34 heavy (non-hydrogen) atoms. The molecule has 1 aromatic heterocycles. The average Bonchev–Trinajstić information content (AvgIpc) is 3.39. The molecule has 1 heterocycles. The third-order valence-corrected chi connectivity index (χ3v) is 10.3. The normalized spacial score (nSPS) is 39.6. The third-order valence-electron chi connectivity index (χ3n) is 10.3. The molecule has 8 rings (SSSR count). The van der Waals surface area contributed by atoms with E-state index in [0.29, 0.717) is 30.2 Å². The number of hydrogen-bond acceptors (Lipinski definition) is 4. The van der Waals surface area contributed by atoms with Crippen LogP contribution in [0.4, 0.5) is 11.5 Å². The standard InChI is InChI=1S/C29H37N3O2/c33-16-23-20-4-5-21(11-20)28(23)32-26-7-6-22-24(30-26)2-1-3-25(22)31-27(34)15-29-12-17-8-18(13-29)10-19(9-17)14-29/h1-3,6-7,17-21,23,28,33H,4-5,8-16H2,(H,30,32)(H,31,34)/t17?,18?,19?,20-,21-,23-,28?,29?/m1/s1. The van der Waals surface area contributed by atoms with Gasteiger partial charge in [0, 0.05) is 30.4 Å². The smallest absolute Gasteiger partial charge is 0.224 e. The molecule has 1 unspecified atom stereocenters. The quantitative estimate of drug-likeness (QED) is 0.526. The number of fused-ring (bicyclic) bond motifs is 3. The third kappa shape index (κ3) is 3.54. The van der Waals surface area contributed by atoms with Crippen molar-refractivity contribution in [2.24, 2.45) is 40.9 Å². The van der Waals surface area contributed by atoms with Crippen molar-refractivity contribution in [3.8, 4) is 0 Å². The summed E-state index contributed by atoms with van der Waals surface area (Å²) in [4.78, 5) is 18.1. The molecule has 5 heteroatoms. The maximum atomic E-state index is 13.2. The number of anilines is 2. The minimum Gasteiger partial charge on any atom is -0.396 e. The Morgan fingerprint density at radius 2 is 1.71 bits per heavy atom. The highest BCUT2D eigenvalue weighted by Crippen LogP contribution is 2.61. The number of hydrogen-bond donors (Lipinski definition) is 3. The number of aliphatic hydroxyl groups excluding tert-OH is 1. The molecule has 0 saturated heterocycles. The van der Waals surface area contributed by atoms with Crippen LogP contribution in [0.3, 0.4) is 0 Å². The minimum atomic E-state index is 0.171. The zero-order valence-electron chi connectivity index (χ0n) is 20.0. The van der Waals surface area contributed by atoms with Crippen LogP contribution in [0.2, 0.25) is 0 Å². The Morgan fingerprint density at radius 1 is 0.971 bits per heavy atom. The number of pyridine rings is 1. The van der Waals surface area contributed by atoms with Crippen LogP contribution in [0, 0.1) is 40.9 Å². The number of benzene rings is 1. The Bertz CT molecular complexity index is 1080. The van der Waals surface area contributed by atoms with E-state index in [-0.39, 0.29) is 17.9 Å². The highest BCUT2D eigenvalue weighted by Gasteiger charge is 2.51. The maximum absolute atomic E-state index is 13.2. The molecule has 1 amide bonds. The van der Waals surface area contributed by atoms with Gasteiger partial charge in [0.25, 0.3) is 0 Å². The van der Waals surface area contributed by atoms with Crippen molar-refractivity contribution >= 4 is 28.3 Å². The lowest BCUT2D eigenvalue weighted by atomic mass is 9.49. The molecule has 3 N–H and O–H groups in total. The number of aliphatic hydroxyl groups is 1. The van der Waals surface area contributed by atoms with Gasteiger partial charge in [-0.1, -0.05) is 6.07 Å². The van der Waals surface area contributed by atoms with Gasteiger partial charge in [0.15, 0.2) is 0 Å². The highest BCUT2D eigenvalue weighted by molar-refractivity contribution is 6.01. The first-order valence-electron chi connectivity index (χ1n) is 13.6. The molecule has 1 aromatic carbocycles. The first-order chi connectivity index (χ1) is 16.6. The summed E-state index contributed by atoms with van der Waals surface area (Å²) in [5.41, 5.74) is 2.03. The van der Waals surface area contributed by atoms with Crippen molar-refractivity contribution in [1.29, 1.82) is 0 Å². The lowest BCUT2D eigenvalue weighted by Gasteiger charge is -2.56. The first kappa shape index (κ1) is 21.2. The van der Waals surface area contributed by atoms with Crippen molar-refractivity contribution < 1.29 is 9.90 Å².